The molecule has 1 aliphatic heterocycles. The number of aliphatic hydroxyl groups excluding tert-OH is 1. The predicted molar refractivity (Wildman–Crippen MR) is 80.9 cm³/mol. The minimum Gasteiger partial charge on any atom is -0.395 e. The summed E-state index contributed by atoms with van der Waals surface area (Å²) in [5.41, 5.74) is 2.19. The number of rotatable bonds is 5. The Kier molecular flexibility index (Phi) is 4.03. The number of fused-ring (bicyclic) bond motifs is 1. The van der Waals surface area contributed by atoms with Gasteiger partial charge in [0.1, 0.15) is 5.82 Å². The van der Waals surface area contributed by atoms with E-state index < -0.39 is 0 Å². The van der Waals surface area contributed by atoms with Crippen LogP contribution in [0.5, 0.6) is 0 Å². The van der Waals surface area contributed by atoms with Crippen LogP contribution in [0.1, 0.15) is 31.5 Å². The van der Waals surface area contributed by atoms with Crippen LogP contribution in [0, 0.1) is 0 Å². The first-order valence-corrected chi connectivity index (χ1v) is 7.62. The zero-order valence-corrected chi connectivity index (χ0v) is 12.1. The Morgan fingerprint density at radius 2 is 2.15 bits per heavy atom. The molecular formula is C16H23N3O. The van der Waals surface area contributed by atoms with Crippen LogP contribution in [-0.2, 0) is 6.54 Å². The lowest BCUT2D eigenvalue weighted by atomic mass is 10.1. The lowest BCUT2D eigenvalue weighted by molar-refractivity contribution is 0.274. The second kappa shape index (κ2) is 5.94. The molecule has 20 heavy (non-hydrogen) atoms. The van der Waals surface area contributed by atoms with Gasteiger partial charge in [-0.2, -0.15) is 0 Å². The molecule has 1 N–H and O–H groups in total. The second-order valence-corrected chi connectivity index (χ2v) is 5.62. The van der Waals surface area contributed by atoms with Crippen LogP contribution < -0.4 is 0 Å². The summed E-state index contributed by atoms with van der Waals surface area (Å²) in [7, 11) is 0. The molecule has 1 aromatic carbocycles. The van der Waals surface area contributed by atoms with Gasteiger partial charge in [-0.25, -0.2) is 4.98 Å². The van der Waals surface area contributed by atoms with Gasteiger partial charge in [0.25, 0.3) is 0 Å². The summed E-state index contributed by atoms with van der Waals surface area (Å²) in [5.74, 6) is 1.65. The van der Waals surface area contributed by atoms with Gasteiger partial charge in [0.05, 0.1) is 17.6 Å². The highest BCUT2D eigenvalue weighted by Crippen LogP contribution is 2.29. The Morgan fingerprint density at radius 3 is 2.95 bits per heavy atom. The first-order chi connectivity index (χ1) is 9.83. The van der Waals surface area contributed by atoms with E-state index in [0.29, 0.717) is 12.5 Å². The smallest absolute Gasteiger partial charge is 0.114 e. The third kappa shape index (κ3) is 2.45. The van der Waals surface area contributed by atoms with Crippen molar-refractivity contribution >= 4 is 11.0 Å². The molecule has 0 aliphatic carbocycles. The van der Waals surface area contributed by atoms with Gasteiger partial charge in [0.2, 0.25) is 0 Å². The van der Waals surface area contributed by atoms with Crippen LogP contribution in [0.3, 0.4) is 0 Å². The fraction of sp³-hybridized carbons (Fsp3) is 0.562. The average molecular weight is 273 g/mol. The van der Waals surface area contributed by atoms with Crippen molar-refractivity contribution in [3.63, 3.8) is 0 Å². The van der Waals surface area contributed by atoms with Crippen LogP contribution in [0.4, 0.5) is 0 Å². The topological polar surface area (TPSA) is 41.3 Å². The van der Waals surface area contributed by atoms with E-state index in [1.54, 1.807) is 0 Å². The van der Waals surface area contributed by atoms with Gasteiger partial charge in [-0.3, -0.25) is 0 Å². The van der Waals surface area contributed by atoms with E-state index in [1.165, 1.54) is 25.9 Å². The van der Waals surface area contributed by atoms with Gasteiger partial charge in [0, 0.05) is 19.0 Å². The molecule has 1 fully saturated rings. The number of aliphatic hydroxyl groups is 1. The molecular weight excluding hydrogens is 250 g/mol. The summed E-state index contributed by atoms with van der Waals surface area (Å²) in [6.45, 7) is 6.48. The van der Waals surface area contributed by atoms with E-state index in [1.807, 2.05) is 12.1 Å². The minimum atomic E-state index is 0.165. The number of benzene rings is 1. The van der Waals surface area contributed by atoms with Crippen molar-refractivity contribution in [1.29, 1.82) is 0 Å². The zero-order valence-electron chi connectivity index (χ0n) is 12.1. The van der Waals surface area contributed by atoms with Crippen molar-refractivity contribution in [3.8, 4) is 0 Å². The van der Waals surface area contributed by atoms with Crippen molar-refractivity contribution in [2.75, 3.05) is 26.2 Å². The highest BCUT2D eigenvalue weighted by atomic mass is 16.3. The first kappa shape index (κ1) is 13.6. The summed E-state index contributed by atoms with van der Waals surface area (Å²) in [4.78, 5) is 7.35. The maximum Gasteiger partial charge on any atom is 0.114 e. The Bertz CT molecular complexity index is 578. The number of nitrogens with zero attached hydrogens (tertiary/aromatic N) is 3. The number of hydrogen-bond donors (Lipinski definition) is 1. The van der Waals surface area contributed by atoms with Crippen molar-refractivity contribution in [2.45, 2.75) is 32.2 Å². The van der Waals surface area contributed by atoms with Crippen LogP contribution in [0.15, 0.2) is 24.3 Å². The molecule has 2 aromatic rings. The molecule has 0 saturated carbocycles. The quantitative estimate of drug-likeness (QED) is 0.908. The lowest BCUT2D eigenvalue weighted by Gasteiger charge is -2.15. The summed E-state index contributed by atoms with van der Waals surface area (Å²) in [5, 5.41) is 9.34. The van der Waals surface area contributed by atoms with Crippen LogP contribution in [0.2, 0.25) is 0 Å². The lowest BCUT2D eigenvalue weighted by Crippen LogP contribution is -2.22. The molecule has 1 atom stereocenters. The van der Waals surface area contributed by atoms with Crippen molar-refractivity contribution in [2.24, 2.45) is 0 Å². The number of hydrogen-bond acceptors (Lipinski definition) is 3. The maximum absolute atomic E-state index is 9.34. The molecule has 0 amide bonds. The van der Waals surface area contributed by atoms with E-state index in [0.717, 1.165) is 23.4 Å². The summed E-state index contributed by atoms with van der Waals surface area (Å²) >= 11 is 0. The standard InChI is InChI=1S/C16H23N3O/c1-2-8-18-9-7-13(12-18)16-17-14-5-3-4-6-15(14)19(16)10-11-20/h3-6,13,20H,2,7-12H2,1H3. The van der Waals surface area contributed by atoms with Crippen molar-refractivity contribution < 1.29 is 5.11 Å². The molecule has 0 spiro atoms. The molecule has 4 nitrogen and oxygen atoms in total. The van der Waals surface area contributed by atoms with Gasteiger partial charge >= 0.3 is 0 Å². The fourth-order valence-corrected chi connectivity index (χ4v) is 3.30. The number of likely N-dealkylation sites (tertiary alicyclic amines) is 1. The third-order valence-electron chi connectivity index (χ3n) is 4.19. The Balaban J connectivity index is 1.92. The van der Waals surface area contributed by atoms with E-state index >= 15 is 0 Å². The van der Waals surface area contributed by atoms with Crippen LogP contribution >= 0.6 is 0 Å². The van der Waals surface area contributed by atoms with Gasteiger partial charge in [0.15, 0.2) is 0 Å². The first-order valence-electron chi connectivity index (χ1n) is 7.62. The van der Waals surface area contributed by atoms with E-state index in [9.17, 15) is 5.11 Å². The molecule has 0 radical (unpaired) electrons. The molecule has 3 rings (SSSR count). The summed E-state index contributed by atoms with van der Waals surface area (Å²) in [6, 6.07) is 8.23. The number of imidazole rings is 1. The predicted octanol–water partition coefficient (Wildman–Crippen LogP) is 2.23. The molecule has 2 heterocycles. The largest absolute Gasteiger partial charge is 0.395 e. The molecule has 4 heteroatoms. The molecule has 1 aliphatic rings. The van der Waals surface area contributed by atoms with E-state index in [-0.39, 0.29) is 6.61 Å². The summed E-state index contributed by atoms with van der Waals surface area (Å²) < 4.78 is 2.20. The zero-order chi connectivity index (χ0) is 13.9. The Hall–Kier alpha value is -1.39. The molecule has 1 saturated heterocycles. The molecule has 108 valence electrons. The molecule has 1 aromatic heterocycles. The molecule has 0 bridgehead atoms. The highest BCUT2D eigenvalue weighted by molar-refractivity contribution is 5.76. The highest BCUT2D eigenvalue weighted by Gasteiger charge is 2.27. The Morgan fingerprint density at radius 1 is 1.30 bits per heavy atom. The Labute approximate surface area is 120 Å². The van der Waals surface area contributed by atoms with Crippen molar-refractivity contribution in [3.05, 3.63) is 30.1 Å². The summed E-state index contributed by atoms with van der Waals surface area (Å²) in [6.07, 6.45) is 2.38. The number of aromatic nitrogens is 2. The van der Waals surface area contributed by atoms with Gasteiger partial charge in [-0.1, -0.05) is 19.1 Å². The van der Waals surface area contributed by atoms with Gasteiger partial charge < -0.3 is 14.6 Å². The van der Waals surface area contributed by atoms with E-state index in [2.05, 4.69) is 28.5 Å². The second-order valence-electron chi connectivity index (χ2n) is 5.62. The van der Waals surface area contributed by atoms with Crippen molar-refractivity contribution in [1.82, 2.24) is 14.5 Å². The molecule has 1 unspecified atom stereocenters. The monoisotopic (exact) mass is 273 g/mol. The maximum atomic E-state index is 9.34. The van der Waals surface area contributed by atoms with Crippen LogP contribution in [-0.4, -0.2) is 45.8 Å². The normalized spacial score (nSPS) is 20.0. The SMILES string of the molecule is CCCN1CCC(c2nc3ccccc3n2CCO)C1. The van der Waals surface area contributed by atoms with Gasteiger partial charge in [-0.05, 0) is 38.1 Å². The average Bonchev–Trinajstić information content (AvgIpc) is 3.05. The van der Waals surface area contributed by atoms with Crippen LogP contribution in [0.25, 0.3) is 11.0 Å². The minimum absolute atomic E-state index is 0.165. The van der Waals surface area contributed by atoms with E-state index in [4.69, 9.17) is 4.98 Å². The van der Waals surface area contributed by atoms with Gasteiger partial charge in [-0.15, -0.1) is 0 Å². The number of para-hydroxylation sites is 2. The third-order valence-corrected chi connectivity index (χ3v) is 4.19. The fourth-order valence-electron chi connectivity index (χ4n) is 3.30.